The van der Waals surface area contributed by atoms with Gasteiger partial charge < -0.3 is 13.8 Å². The van der Waals surface area contributed by atoms with Gasteiger partial charge in [-0.2, -0.15) is 0 Å². The second-order valence-electron chi connectivity index (χ2n) is 11.4. The van der Waals surface area contributed by atoms with Gasteiger partial charge in [0.05, 0.1) is 22.3 Å². The van der Waals surface area contributed by atoms with Crippen LogP contribution in [-0.2, 0) is 20.1 Å². The molecular weight excluding hydrogens is 767 g/mol. The number of fused-ring (bicyclic) bond motifs is 13. The summed E-state index contributed by atoms with van der Waals surface area (Å²) in [6, 6.07) is 43.4. The molecule has 0 saturated heterocycles. The third-order valence-corrected chi connectivity index (χ3v) is 8.63. The van der Waals surface area contributed by atoms with Gasteiger partial charge >= 0.3 is 0 Å². The molecule has 48 heavy (non-hydrogen) atoms. The van der Waals surface area contributed by atoms with Crippen molar-refractivity contribution in [3.8, 4) is 11.3 Å². The Morgan fingerprint density at radius 3 is 2.38 bits per heavy atom. The quantitative estimate of drug-likeness (QED) is 0.123. The van der Waals surface area contributed by atoms with E-state index in [1.54, 1.807) is 0 Å². The zero-order valence-electron chi connectivity index (χ0n) is 34.1. The molecule has 0 spiro atoms. The van der Waals surface area contributed by atoms with Gasteiger partial charge in [-0.15, -0.1) is 41.5 Å². The van der Waals surface area contributed by atoms with E-state index in [0.29, 0.717) is 5.56 Å². The van der Waals surface area contributed by atoms with E-state index >= 15 is 0 Å². The molecule has 0 amide bonds. The van der Waals surface area contributed by atoms with Gasteiger partial charge in [0.25, 0.3) is 0 Å². The molecule has 0 unspecified atom stereocenters. The molecule has 0 saturated carbocycles. The van der Waals surface area contributed by atoms with E-state index in [1.165, 1.54) is 40.4 Å². The zero-order valence-corrected chi connectivity index (χ0v) is 27.5. The minimum absolute atomic E-state index is 0. The van der Waals surface area contributed by atoms with Crippen LogP contribution in [0.4, 0.5) is 0 Å². The van der Waals surface area contributed by atoms with Gasteiger partial charge in [-0.05, 0) is 70.8 Å². The van der Waals surface area contributed by atoms with E-state index in [-0.39, 0.29) is 42.5 Å². The fourth-order valence-corrected chi connectivity index (χ4v) is 6.43. The molecule has 0 atom stereocenters. The predicted molar refractivity (Wildman–Crippen MR) is 194 cm³/mol. The molecule has 0 bridgehead atoms. The van der Waals surface area contributed by atoms with Crippen LogP contribution >= 0.6 is 0 Å². The molecule has 4 heterocycles. The van der Waals surface area contributed by atoms with Crippen molar-refractivity contribution in [1.82, 2.24) is 14.4 Å². The molecule has 1 radical (unpaired) electrons. The summed E-state index contributed by atoms with van der Waals surface area (Å²) in [6.45, 7) is -7.47. The first-order valence-electron chi connectivity index (χ1n) is 19.6. The maximum absolute atomic E-state index is 7.54. The van der Waals surface area contributed by atoms with Gasteiger partial charge in [0, 0.05) is 44.2 Å². The van der Waals surface area contributed by atoms with Gasteiger partial charge in [0.15, 0.2) is 0 Å². The maximum Gasteiger partial charge on any atom is 0.124 e. The first kappa shape index (κ1) is 21.5. The van der Waals surface area contributed by atoms with E-state index in [9.17, 15) is 0 Å². The van der Waals surface area contributed by atoms with Crippen LogP contribution in [0.1, 0.15) is 29.0 Å². The number of rotatable bonds is 1. The standard InChI is InChI=1S/C29H15N2O.C14H14N.Ir/c1-2-8-18-17(7-1)13-14-26-28(18)22-15-20-19-9-3-5-11-24(19)31-25-12-6-4-10-23(25)30-29(31)21(20)16-27(22)32-26;1-10-4-6-13(7-5-10)14-8-11(2)12(3)9-15-14;/h1-15H;4-6,8-9H,1-3H3;/q2*-1;/i;1D3,2D3,3D3;. The van der Waals surface area contributed by atoms with Gasteiger partial charge in [0.2, 0.25) is 0 Å². The van der Waals surface area contributed by atoms with Crippen molar-refractivity contribution in [2.45, 2.75) is 20.6 Å². The van der Waals surface area contributed by atoms with E-state index in [1.807, 2.05) is 6.07 Å². The normalized spacial score (nSPS) is 15.0. The summed E-state index contributed by atoms with van der Waals surface area (Å²) < 4.78 is 75.5. The third-order valence-electron chi connectivity index (χ3n) is 8.63. The Morgan fingerprint density at radius 2 is 1.54 bits per heavy atom. The number of hydrogen-bond donors (Lipinski definition) is 0. The second kappa shape index (κ2) is 11.7. The summed E-state index contributed by atoms with van der Waals surface area (Å²) in [5.74, 6) is 0. The second-order valence-corrected chi connectivity index (χ2v) is 11.4. The first-order valence-corrected chi connectivity index (χ1v) is 15.1. The Kier molecular flexibility index (Phi) is 5.25. The Bertz CT molecular complexity index is 3160. The molecule has 4 aromatic heterocycles. The average molecular weight is 805 g/mol. The van der Waals surface area contributed by atoms with Crippen LogP contribution in [0, 0.1) is 32.7 Å². The smallest absolute Gasteiger partial charge is 0.124 e. The molecule has 10 aromatic rings. The van der Waals surface area contributed by atoms with Crippen LogP contribution in [0.5, 0.6) is 0 Å². The molecule has 4 nitrogen and oxygen atoms in total. The van der Waals surface area contributed by atoms with Crippen molar-refractivity contribution in [3.63, 3.8) is 0 Å². The summed E-state index contributed by atoms with van der Waals surface area (Å²) in [7, 11) is 0. The van der Waals surface area contributed by atoms with E-state index in [2.05, 4.69) is 106 Å². The summed E-state index contributed by atoms with van der Waals surface area (Å²) in [5.41, 5.74) is 5.86. The molecule has 0 aliphatic carbocycles. The number of furan rings is 1. The molecule has 0 N–H and O–H groups in total. The van der Waals surface area contributed by atoms with Crippen molar-refractivity contribution in [2.75, 3.05) is 0 Å². The van der Waals surface area contributed by atoms with Gasteiger partial charge in [0.1, 0.15) is 5.58 Å². The monoisotopic (exact) mass is 805 g/mol. The third kappa shape index (κ3) is 4.78. The number of aryl methyl sites for hydroxylation is 3. The summed E-state index contributed by atoms with van der Waals surface area (Å²) in [4.78, 5) is 8.99. The molecule has 10 rings (SSSR count). The first-order chi connectivity index (χ1) is 26.7. The van der Waals surface area contributed by atoms with E-state index in [4.69, 9.17) is 21.7 Å². The largest absolute Gasteiger partial charge is 0.477 e. The van der Waals surface area contributed by atoms with Crippen molar-refractivity contribution in [1.29, 1.82) is 0 Å². The fourth-order valence-electron chi connectivity index (χ4n) is 6.43. The van der Waals surface area contributed by atoms with E-state index < -0.39 is 20.6 Å². The van der Waals surface area contributed by atoms with Gasteiger partial charge in [-0.25, -0.2) is 0 Å². The molecule has 0 fully saturated rings. The number of nitrogens with zero attached hydrogens (tertiary/aromatic N) is 3. The molecule has 0 aliphatic rings. The van der Waals surface area contributed by atoms with Crippen LogP contribution < -0.4 is 0 Å². The van der Waals surface area contributed by atoms with Gasteiger partial charge in [-0.3, -0.25) is 4.98 Å². The SMILES string of the molecule is [2H]C([2H])([2H])c1c[c-]c(-c2cc(C([2H])([2H])[2H])c(C([2H])([2H])[2H])cn2)cc1.[Ir].[c-]1c2oc3ccc4ccccc4c3c2cc2c1c1nc3ccccc3n1c1ccccc21. The molecule has 233 valence electrons. The van der Waals surface area contributed by atoms with Gasteiger partial charge in [-0.1, -0.05) is 101 Å². The number of para-hydroxylation sites is 3. The Labute approximate surface area is 303 Å². The van der Waals surface area contributed by atoms with Crippen LogP contribution in [0.25, 0.3) is 82.3 Å². The summed E-state index contributed by atoms with van der Waals surface area (Å²) in [5, 5.41) is 7.97. The fraction of sp³-hybridized carbons (Fsp3) is 0.0698. The Hall–Kier alpha value is -5.35. The number of benzene rings is 6. The number of aromatic nitrogens is 3. The van der Waals surface area contributed by atoms with Crippen molar-refractivity contribution in [3.05, 3.63) is 150 Å². The van der Waals surface area contributed by atoms with Crippen molar-refractivity contribution in [2.24, 2.45) is 0 Å². The number of hydrogen-bond acceptors (Lipinski definition) is 3. The maximum atomic E-state index is 7.54. The molecular formula is C43H29IrN3O-2. The average Bonchev–Trinajstić information content (AvgIpc) is 3.75. The summed E-state index contributed by atoms with van der Waals surface area (Å²) >= 11 is 0. The van der Waals surface area contributed by atoms with Crippen LogP contribution in [0.3, 0.4) is 0 Å². The number of imidazole rings is 1. The van der Waals surface area contributed by atoms with Crippen LogP contribution in [0.15, 0.2) is 126 Å². The Morgan fingerprint density at radius 1 is 0.729 bits per heavy atom. The molecule has 0 aliphatic heterocycles. The minimum Gasteiger partial charge on any atom is -0.477 e. The Balaban J connectivity index is 0.000000165. The zero-order chi connectivity index (χ0) is 39.1. The topological polar surface area (TPSA) is 43.3 Å². The predicted octanol–water partition coefficient (Wildman–Crippen LogP) is 11.1. The van der Waals surface area contributed by atoms with Crippen LogP contribution in [-0.4, -0.2) is 14.4 Å². The minimum atomic E-state index is -2.61. The van der Waals surface area contributed by atoms with Crippen molar-refractivity contribution >= 4 is 71.1 Å². The molecule has 6 aromatic carbocycles. The molecule has 5 heteroatoms. The number of pyridine rings is 2. The summed E-state index contributed by atoms with van der Waals surface area (Å²) in [6.07, 6.45) is 1.02. The van der Waals surface area contributed by atoms with Crippen LogP contribution in [0.2, 0.25) is 0 Å². The van der Waals surface area contributed by atoms with E-state index in [0.717, 1.165) is 61.1 Å². The van der Waals surface area contributed by atoms with Crippen molar-refractivity contribution < 1.29 is 36.9 Å².